The van der Waals surface area contributed by atoms with Gasteiger partial charge in [0.15, 0.2) is 0 Å². The third-order valence-electron chi connectivity index (χ3n) is 6.38. The standard InChI is InChI=1S/C23H44N6O2/c1-5-6-7-8-9-10-11-12-13-14-18-29(4,20-16-25-27-24)19-15-17-28-21(30)23(2,3)26-22(28)31/h5-20H2,1-4H3/p+1. The Bertz CT molecular complexity index is 603. The molecule has 0 saturated carbocycles. The fourth-order valence-electron chi connectivity index (χ4n) is 4.28. The maximum atomic E-state index is 12.4. The van der Waals surface area contributed by atoms with Gasteiger partial charge in [0.25, 0.3) is 5.91 Å². The van der Waals surface area contributed by atoms with E-state index in [0.29, 0.717) is 13.1 Å². The van der Waals surface area contributed by atoms with Crippen molar-refractivity contribution < 1.29 is 14.1 Å². The van der Waals surface area contributed by atoms with Gasteiger partial charge in [-0.2, -0.15) is 0 Å². The minimum absolute atomic E-state index is 0.157. The highest BCUT2D eigenvalue weighted by Gasteiger charge is 2.44. The molecule has 1 atom stereocenters. The predicted molar refractivity (Wildman–Crippen MR) is 126 cm³/mol. The number of unbranched alkanes of at least 4 members (excludes halogenated alkanes) is 9. The van der Waals surface area contributed by atoms with Crippen molar-refractivity contribution in [2.24, 2.45) is 5.11 Å². The molecule has 31 heavy (non-hydrogen) atoms. The zero-order chi connectivity index (χ0) is 23.2. The molecule has 3 amide bonds. The molecule has 8 nitrogen and oxygen atoms in total. The zero-order valence-corrected chi connectivity index (χ0v) is 20.4. The number of hydrogen-bond donors (Lipinski definition) is 1. The molecule has 0 aromatic carbocycles. The molecule has 178 valence electrons. The summed E-state index contributed by atoms with van der Waals surface area (Å²) in [5.41, 5.74) is 7.80. The van der Waals surface area contributed by atoms with Gasteiger partial charge in [0, 0.05) is 17.9 Å². The highest BCUT2D eigenvalue weighted by Crippen LogP contribution is 2.18. The molecule has 1 rings (SSSR count). The summed E-state index contributed by atoms with van der Waals surface area (Å²) in [4.78, 5) is 28.6. The first-order valence-corrected chi connectivity index (χ1v) is 12.2. The van der Waals surface area contributed by atoms with E-state index in [1.807, 2.05) is 0 Å². The highest BCUT2D eigenvalue weighted by atomic mass is 16.2. The van der Waals surface area contributed by atoms with Gasteiger partial charge in [-0.05, 0) is 32.2 Å². The lowest BCUT2D eigenvalue weighted by Crippen LogP contribution is -2.48. The topological polar surface area (TPSA) is 98.2 Å². The fraction of sp³-hybridized carbons (Fsp3) is 0.913. The second kappa shape index (κ2) is 14.3. The van der Waals surface area contributed by atoms with Crippen molar-refractivity contribution in [3.63, 3.8) is 0 Å². The number of nitrogens with zero attached hydrogens (tertiary/aromatic N) is 5. The van der Waals surface area contributed by atoms with Crippen LogP contribution in [0.25, 0.3) is 10.4 Å². The fourth-order valence-corrected chi connectivity index (χ4v) is 4.28. The smallest absolute Gasteiger partial charge is 0.325 e. The Morgan fingerprint density at radius 3 is 2.00 bits per heavy atom. The molecule has 1 fully saturated rings. The van der Waals surface area contributed by atoms with Gasteiger partial charge in [0.05, 0.1) is 33.2 Å². The number of carbonyl (C=O) groups is 2. The van der Waals surface area contributed by atoms with Crippen LogP contribution in [0.1, 0.15) is 91.4 Å². The van der Waals surface area contributed by atoms with Crippen LogP contribution in [0, 0.1) is 0 Å². The number of carbonyl (C=O) groups excluding carboxylic acids is 2. The first-order chi connectivity index (χ1) is 14.8. The Hall–Kier alpha value is -1.79. The first kappa shape index (κ1) is 27.2. The van der Waals surface area contributed by atoms with Crippen LogP contribution in [-0.4, -0.2) is 66.6 Å². The summed E-state index contributed by atoms with van der Waals surface area (Å²) in [6.07, 6.45) is 13.8. The molecule has 8 heteroatoms. The molecule has 0 aliphatic carbocycles. The summed E-state index contributed by atoms with van der Waals surface area (Å²) < 4.78 is 0.809. The second-order valence-electron chi connectivity index (χ2n) is 9.79. The molecular formula is C23H45N6O2+. The van der Waals surface area contributed by atoms with Crippen LogP contribution < -0.4 is 5.32 Å². The summed E-state index contributed by atoms with van der Waals surface area (Å²) in [5.74, 6) is -0.157. The molecule has 0 bridgehead atoms. The van der Waals surface area contributed by atoms with Gasteiger partial charge in [-0.1, -0.05) is 63.4 Å². The largest absolute Gasteiger partial charge is 0.326 e. The van der Waals surface area contributed by atoms with E-state index in [1.165, 1.54) is 62.7 Å². The Morgan fingerprint density at radius 1 is 0.935 bits per heavy atom. The molecule has 1 heterocycles. The van der Waals surface area contributed by atoms with Gasteiger partial charge in [-0.3, -0.25) is 9.69 Å². The van der Waals surface area contributed by atoms with Crippen LogP contribution in [0.5, 0.6) is 0 Å². The quantitative estimate of drug-likeness (QED) is 0.0777. The van der Waals surface area contributed by atoms with E-state index >= 15 is 0 Å². The molecule has 1 aliphatic rings. The molecule has 0 aromatic rings. The Labute approximate surface area is 188 Å². The molecule has 0 radical (unpaired) electrons. The van der Waals surface area contributed by atoms with Gasteiger partial charge >= 0.3 is 6.03 Å². The normalized spacial score (nSPS) is 17.4. The van der Waals surface area contributed by atoms with Crippen LogP contribution in [0.2, 0.25) is 0 Å². The Kier molecular flexibility index (Phi) is 12.6. The number of imide groups is 1. The Morgan fingerprint density at radius 2 is 1.48 bits per heavy atom. The van der Waals surface area contributed by atoms with Gasteiger partial charge < -0.3 is 9.80 Å². The van der Waals surface area contributed by atoms with Gasteiger partial charge in [0.1, 0.15) is 5.54 Å². The minimum Gasteiger partial charge on any atom is -0.326 e. The van der Waals surface area contributed by atoms with E-state index in [4.69, 9.17) is 5.53 Å². The average molecular weight is 438 g/mol. The summed E-state index contributed by atoms with van der Waals surface area (Å²) in [6.45, 7) is 9.30. The van der Waals surface area contributed by atoms with E-state index < -0.39 is 5.54 Å². The summed E-state index contributed by atoms with van der Waals surface area (Å²) in [7, 11) is 2.19. The zero-order valence-electron chi connectivity index (χ0n) is 20.4. The lowest BCUT2D eigenvalue weighted by atomic mass is 10.1. The van der Waals surface area contributed by atoms with Crippen LogP contribution >= 0.6 is 0 Å². The number of rotatable bonds is 18. The summed E-state index contributed by atoms with van der Waals surface area (Å²) >= 11 is 0. The number of urea groups is 1. The monoisotopic (exact) mass is 437 g/mol. The van der Waals surface area contributed by atoms with E-state index in [-0.39, 0.29) is 11.9 Å². The lowest BCUT2D eigenvalue weighted by Gasteiger charge is -2.35. The van der Waals surface area contributed by atoms with E-state index in [1.54, 1.807) is 13.8 Å². The Balaban J connectivity index is 2.35. The number of quaternary nitrogens is 1. The molecule has 1 unspecified atom stereocenters. The van der Waals surface area contributed by atoms with Gasteiger partial charge in [-0.15, -0.1) is 0 Å². The van der Waals surface area contributed by atoms with Crippen LogP contribution in [0.15, 0.2) is 5.11 Å². The van der Waals surface area contributed by atoms with Crippen molar-refractivity contribution in [2.75, 3.05) is 39.8 Å². The number of amides is 3. The molecular weight excluding hydrogens is 392 g/mol. The van der Waals surface area contributed by atoms with Gasteiger partial charge in [-0.25, -0.2) is 4.79 Å². The predicted octanol–water partition coefficient (Wildman–Crippen LogP) is 5.38. The van der Waals surface area contributed by atoms with Crippen LogP contribution in [0.4, 0.5) is 4.79 Å². The number of azide groups is 1. The van der Waals surface area contributed by atoms with Gasteiger partial charge in [0.2, 0.25) is 0 Å². The van der Waals surface area contributed by atoms with E-state index in [2.05, 4.69) is 29.3 Å². The average Bonchev–Trinajstić information content (AvgIpc) is 2.91. The van der Waals surface area contributed by atoms with E-state index in [9.17, 15) is 9.59 Å². The molecule has 1 aliphatic heterocycles. The third-order valence-corrected chi connectivity index (χ3v) is 6.38. The molecule has 1 N–H and O–H groups in total. The van der Waals surface area contributed by atoms with Crippen molar-refractivity contribution in [2.45, 2.75) is 96.9 Å². The van der Waals surface area contributed by atoms with Crippen molar-refractivity contribution in [3.05, 3.63) is 10.4 Å². The minimum atomic E-state index is -0.813. The SMILES string of the molecule is CCCCCCCCCCCC[N+](C)(CCCN1C(=O)NC(C)(C)C1=O)CCN=[N+]=[N-]. The number of likely N-dealkylation sites (N-methyl/N-ethyl adjacent to an activating group) is 1. The number of hydrogen-bond acceptors (Lipinski definition) is 3. The first-order valence-electron chi connectivity index (χ1n) is 12.2. The summed E-state index contributed by atoms with van der Waals surface area (Å²) in [6, 6.07) is -0.298. The maximum Gasteiger partial charge on any atom is 0.325 e. The second-order valence-corrected chi connectivity index (χ2v) is 9.79. The van der Waals surface area contributed by atoms with Crippen LogP contribution in [-0.2, 0) is 4.79 Å². The van der Waals surface area contributed by atoms with Crippen molar-refractivity contribution in [3.8, 4) is 0 Å². The maximum absolute atomic E-state index is 12.4. The van der Waals surface area contributed by atoms with Crippen molar-refractivity contribution in [1.82, 2.24) is 10.2 Å². The van der Waals surface area contributed by atoms with Crippen LogP contribution in [0.3, 0.4) is 0 Å². The molecule has 1 saturated heterocycles. The van der Waals surface area contributed by atoms with E-state index in [0.717, 1.165) is 37.0 Å². The number of nitrogens with one attached hydrogen (secondary N) is 1. The van der Waals surface area contributed by atoms with Crippen molar-refractivity contribution >= 4 is 11.9 Å². The highest BCUT2D eigenvalue weighted by molar-refractivity contribution is 6.06. The van der Waals surface area contributed by atoms with Crippen molar-refractivity contribution in [1.29, 1.82) is 0 Å². The third kappa shape index (κ3) is 10.4. The lowest BCUT2D eigenvalue weighted by molar-refractivity contribution is -0.908. The molecule has 0 aromatic heterocycles. The summed E-state index contributed by atoms with van der Waals surface area (Å²) in [5, 5.41) is 6.45. The molecule has 0 spiro atoms.